The summed E-state index contributed by atoms with van der Waals surface area (Å²) in [7, 11) is -3.78. The topological polar surface area (TPSA) is 137 Å². The molecule has 1 heterocycles. The van der Waals surface area contributed by atoms with Gasteiger partial charge in [0, 0.05) is 11.3 Å². The number of rotatable bonds is 6. The lowest BCUT2D eigenvalue weighted by atomic mass is 10.2. The molecule has 0 unspecified atom stereocenters. The number of nitrogens with zero attached hydrogens (tertiary/aromatic N) is 2. The molecule has 0 bridgehead atoms. The molecule has 1 aromatic heterocycles. The van der Waals surface area contributed by atoms with Crippen LogP contribution < -0.4 is 15.2 Å². The van der Waals surface area contributed by atoms with Crippen molar-refractivity contribution in [2.75, 3.05) is 5.32 Å². The molecule has 3 N–H and O–H groups in total. The van der Waals surface area contributed by atoms with Crippen LogP contribution in [-0.4, -0.2) is 30.6 Å². The zero-order valence-electron chi connectivity index (χ0n) is 14.2. The lowest BCUT2D eigenvalue weighted by Gasteiger charge is -2.15. The van der Waals surface area contributed by atoms with E-state index in [0.717, 1.165) is 5.56 Å². The van der Waals surface area contributed by atoms with Crippen molar-refractivity contribution >= 4 is 21.6 Å². The van der Waals surface area contributed by atoms with E-state index in [9.17, 15) is 13.2 Å². The summed E-state index contributed by atoms with van der Waals surface area (Å²) in [5, 5.41) is 15.1. The van der Waals surface area contributed by atoms with Gasteiger partial charge in [-0.2, -0.15) is 0 Å². The van der Waals surface area contributed by atoms with Crippen molar-refractivity contribution in [3.63, 3.8) is 0 Å². The van der Waals surface area contributed by atoms with E-state index in [1.54, 1.807) is 31.2 Å². The van der Waals surface area contributed by atoms with Gasteiger partial charge < -0.3 is 14.5 Å². The summed E-state index contributed by atoms with van der Waals surface area (Å²) in [6.07, 6.45) is 0.457. The lowest BCUT2D eigenvalue weighted by molar-refractivity contribution is -0.122. The zero-order valence-corrected chi connectivity index (χ0v) is 15.0. The second-order valence-corrected chi connectivity index (χ2v) is 7.15. The minimum absolute atomic E-state index is 0.0360. The second kappa shape index (κ2) is 7.56. The second-order valence-electron chi connectivity index (χ2n) is 5.59. The van der Waals surface area contributed by atoms with Crippen LogP contribution in [0.2, 0.25) is 0 Å². The van der Waals surface area contributed by atoms with Crippen molar-refractivity contribution < 1.29 is 22.4 Å². The van der Waals surface area contributed by atoms with Crippen LogP contribution in [0.25, 0.3) is 11.5 Å². The first-order valence-corrected chi connectivity index (χ1v) is 9.34. The van der Waals surface area contributed by atoms with E-state index >= 15 is 0 Å². The van der Waals surface area contributed by atoms with Gasteiger partial charge in [0.25, 0.3) is 5.91 Å². The Balaban J connectivity index is 1.60. The minimum Gasteiger partial charge on any atom is -0.481 e. The summed E-state index contributed by atoms with van der Waals surface area (Å²) in [6.45, 7) is 1.60. The van der Waals surface area contributed by atoms with Crippen LogP contribution in [0.1, 0.15) is 6.92 Å². The molecule has 0 radical (unpaired) electrons. The lowest BCUT2D eigenvalue weighted by Crippen LogP contribution is -2.30. The highest BCUT2D eigenvalue weighted by Gasteiger charge is 2.16. The predicted molar refractivity (Wildman–Crippen MR) is 96.3 cm³/mol. The molecular formula is C17H16N4O5S. The standard InChI is InChI=1S/C17H16N4O5S/c1-11(16(22)20-13-4-8-15(9-5-13)27(18,23)24)26-14-6-2-12(3-7-14)17-21-19-10-25-17/h2-11H,1H3,(H,20,22)(H2,18,23,24)/t11-/m1/s1. The van der Waals surface area contributed by atoms with Crippen LogP contribution in [0.4, 0.5) is 5.69 Å². The highest BCUT2D eigenvalue weighted by atomic mass is 32.2. The van der Waals surface area contributed by atoms with Crippen LogP contribution in [0.3, 0.4) is 0 Å². The van der Waals surface area contributed by atoms with Crippen LogP contribution in [-0.2, 0) is 14.8 Å². The summed E-state index contributed by atoms with van der Waals surface area (Å²) in [6, 6.07) is 12.4. The molecule has 0 spiro atoms. The number of hydrogen-bond donors (Lipinski definition) is 2. The maximum Gasteiger partial charge on any atom is 0.265 e. The smallest absolute Gasteiger partial charge is 0.265 e. The van der Waals surface area contributed by atoms with Gasteiger partial charge in [-0.25, -0.2) is 13.6 Å². The minimum atomic E-state index is -3.78. The normalized spacial score (nSPS) is 12.4. The quantitative estimate of drug-likeness (QED) is 0.656. The Kier molecular flexibility index (Phi) is 5.19. The fourth-order valence-electron chi connectivity index (χ4n) is 2.20. The number of nitrogens with one attached hydrogen (secondary N) is 1. The number of ether oxygens (including phenoxy) is 1. The van der Waals surface area contributed by atoms with E-state index in [1.165, 1.54) is 30.7 Å². The third kappa shape index (κ3) is 4.68. The molecule has 0 saturated carbocycles. The molecule has 0 aliphatic heterocycles. The Morgan fingerprint density at radius 2 is 1.81 bits per heavy atom. The number of anilines is 1. The third-order valence-electron chi connectivity index (χ3n) is 3.59. The molecule has 27 heavy (non-hydrogen) atoms. The summed E-state index contributed by atoms with van der Waals surface area (Å²) in [4.78, 5) is 12.2. The number of benzene rings is 2. The highest BCUT2D eigenvalue weighted by Crippen LogP contribution is 2.21. The molecule has 0 aliphatic carbocycles. The highest BCUT2D eigenvalue weighted by molar-refractivity contribution is 7.89. The van der Waals surface area contributed by atoms with Gasteiger partial charge in [-0.1, -0.05) is 0 Å². The van der Waals surface area contributed by atoms with Crippen molar-refractivity contribution in [3.05, 3.63) is 54.9 Å². The molecule has 3 rings (SSSR count). The van der Waals surface area contributed by atoms with E-state index in [2.05, 4.69) is 15.5 Å². The van der Waals surface area contributed by atoms with Crippen molar-refractivity contribution in [2.24, 2.45) is 5.14 Å². The van der Waals surface area contributed by atoms with Crippen molar-refractivity contribution in [2.45, 2.75) is 17.9 Å². The maximum atomic E-state index is 12.2. The van der Waals surface area contributed by atoms with E-state index < -0.39 is 16.1 Å². The largest absolute Gasteiger partial charge is 0.481 e. The molecule has 0 aliphatic rings. The SMILES string of the molecule is C[C@@H](Oc1ccc(-c2nnco2)cc1)C(=O)Nc1ccc(S(N)(=O)=O)cc1. The van der Waals surface area contributed by atoms with Crippen LogP contribution in [0, 0.1) is 0 Å². The van der Waals surface area contributed by atoms with E-state index in [-0.39, 0.29) is 10.8 Å². The molecule has 10 heteroatoms. The van der Waals surface area contributed by atoms with Gasteiger partial charge in [0.15, 0.2) is 6.10 Å². The van der Waals surface area contributed by atoms with Gasteiger partial charge in [0.2, 0.25) is 22.3 Å². The van der Waals surface area contributed by atoms with Crippen molar-refractivity contribution in [1.82, 2.24) is 10.2 Å². The number of carbonyl (C=O) groups is 1. The monoisotopic (exact) mass is 388 g/mol. The number of hydrogen-bond acceptors (Lipinski definition) is 7. The molecule has 3 aromatic rings. The number of sulfonamides is 1. The molecule has 2 aromatic carbocycles. The van der Waals surface area contributed by atoms with Crippen molar-refractivity contribution in [3.8, 4) is 17.2 Å². The van der Waals surface area contributed by atoms with Crippen molar-refractivity contribution in [1.29, 1.82) is 0 Å². The van der Waals surface area contributed by atoms with E-state index in [4.69, 9.17) is 14.3 Å². The van der Waals surface area contributed by atoms with Gasteiger partial charge in [-0.15, -0.1) is 10.2 Å². The Morgan fingerprint density at radius 3 is 2.37 bits per heavy atom. The summed E-state index contributed by atoms with van der Waals surface area (Å²) in [5.41, 5.74) is 1.15. The number of primary sulfonamides is 1. The average Bonchev–Trinajstić information content (AvgIpc) is 3.16. The Hall–Kier alpha value is -3.24. The molecule has 1 atom stereocenters. The fraction of sp³-hybridized carbons (Fsp3) is 0.118. The van der Waals surface area contributed by atoms with Gasteiger partial charge in [-0.3, -0.25) is 4.79 Å². The zero-order chi connectivity index (χ0) is 19.4. The van der Waals surface area contributed by atoms with Gasteiger partial charge in [-0.05, 0) is 55.5 Å². The van der Waals surface area contributed by atoms with E-state index in [1.807, 2.05) is 0 Å². The maximum absolute atomic E-state index is 12.2. The molecular weight excluding hydrogens is 372 g/mol. The average molecular weight is 388 g/mol. The van der Waals surface area contributed by atoms with Gasteiger partial charge >= 0.3 is 0 Å². The summed E-state index contributed by atoms with van der Waals surface area (Å²) >= 11 is 0. The third-order valence-corrected chi connectivity index (χ3v) is 4.52. The molecule has 0 fully saturated rings. The molecule has 0 saturated heterocycles. The first-order valence-electron chi connectivity index (χ1n) is 7.80. The number of aromatic nitrogens is 2. The summed E-state index contributed by atoms with van der Waals surface area (Å²) < 4.78 is 33.2. The van der Waals surface area contributed by atoms with Gasteiger partial charge in [0.05, 0.1) is 4.90 Å². The Morgan fingerprint density at radius 1 is 1.15 bits per heavy atom. The molecule has 1 amide bonds. The molecule has 9 nitrogen and oxygen atoms in total. The Bertz CT molecular complexity index is 1020. The molecule has 140 valence electrons. The van der Waals surface area contributed by atoms with E-state index in [0.29, 0.717) is 17.3 Å². The fourth-order valence-corrected chi connectivity index (χ4v) is 2.72. The number of nitrogens with two attached hydrogens (primary N) is 1. The van der Waals surface area contributed by atoms with Gasteiger partial charge in [0.1, 0.15) is 5.75 Å². The first-order chi connectivity index (χ1) is 12.8. The number of carbonyl (C=O) groups excluding carboxylic acids is 1. The number of amides is 1. The summed E-state index contributed by atoms with van der Waals surface area (Å²) in [5.74, 6) is 0.486. The Labute approximate surface area is 155 Å². The predicted octanol–water partition coefficient (Wildman–Crippen LogP) is 1.79. The van der Waals surface area contributed by atoms with Crippen LogP contribution in [0.5, 0.6) is 5.75 Å². The van der Waals surface area contributed by atoms with Crippen LogP contribution in [0.15, 0.2) is 64.2 Å². The van der Waals surface area contributed by atoms with Crippen LogP contribution >= 0.6 is 0 Å². The first kappa shape index (κ1) is 18.5.